The highest BCUT2D eigenvalue weighted by atomic mass is 32.1. The molecule has 0 bridgehead atoms. The molecule has 4 rings (SSSR count). The van der Waals surface area contributed by atoms with Crippen LogP contribution in [0, 0.1) is 5.92 Å². The van der Waals surface area contributed by atoms with Crippen LogP contribution in [0.1, 0.15) is 28.3 Å². The second kappa shape index (κ2) is 7.14. The molecule has 7 heteroatoms. The Morgan fingerprint density at radius 2 is 2.04 bits per heavy atom. The Balaban J connectivity index is 1.33. The second-order valence-corrected chi connectivity index (χ2v) is 7.21. The number of nitrogens with one attached hydrogen (secondary N) is 1. The SMILES string of the molecule is O=C(c1cccs1)N1CCC(Cc2nc(-c3ccncc3)n[nH]2)CC1. The van der Waals surface area contributed by atoms with E-state index in [1.165, 1.54) is 11.3 Å². The Hall–Kier alpha value is -2.54. The summed E-state index contributed by atoms with van der Waals surface area (Å²) in [5.41, 5.74) is 0.967. The summed E-state index contributed by atoms with van der Waals surface area (Å²) in [5.74, 6) is 2.32. The van der Waals surface area contributed by atoms with Crippen LogP contribution in [0.25, 0.3) is 11.4 Å². The third kappa shape index (κ3) is 3.61. The molecular formula is C18H19N5OS. The number of H-pyrrole nitrogens is 1. The van der Waals surface area contributed by atoms with Gasteiger partial charge < -0.3 is 4.90 Å². The predicted octanol–water partition coefficient (Wildman–Crippen LogP) is 3.02. The smallest absolute Gasteiger partial charge is 0.263 e. The van der Waals surface area contributed by atoms with Gasteiger partial charge in [-0.3, -0.25) is 14.9 Å². The Kier molecular flexibility index (Phi) is 4.56. The van der Waals surface area contributed by atoms with Crippen molar-refractivity contribution in [2.45, 2.75) is 19.3 Å². The first-order valence-corrected chi connectivity index (χ1v) is 9.32. The van der Waals surface area contributed by atoms with Crippen LogP contribution in [0.15, 0.2) is 42.0 Å². The number of nitrogens with zero attached hydrogens (tertiary/aromatic N) is 4. The van der Waals surface area contributed by atoms with Gasteiger partial charge in [0.25, 0.3) is 5.91 Å². The summed E-state index contributed by atoms with van der Waals surface area (Å²) < 4.78 is 0. The maximum absolute atomic E-state index is 12.4. The number of carbonyl (C=O) groups is 1. The van der Waals surface area contributed by atoms with Gasteiger partial charge in [-0.1, -0.05) is 6.07 Å². The summed E-state index contributed by atoms with van der Waals surface area (Å²) in [6.45, 7) is 1.62. The average molecular weight is 353 g/mol. The number of hydrogen-bond donors (Lipinski definition) is 1. The summed E-state index contributed by atoms with van der Waals surface area (Å²) in [4.78, 5) is 23.8. The molecule has 0 atom stereocenters. The molecule has 1 N–H and O–H groups in total. The van der Waals surface area contributed by atoms with Gasteiger partial charge in [0.2, 0.25) is 0 Å². The lowest BCUT2D eigenvalue weighted by molar-refractivity contribution is 0.0695. The third-order valence-electron chi connectivity index (χ3n) is 4.59. The van der Waals surface area contributed by atoms with Gasteiger partial charge >= 0.3 is 0 Å². The van der Waals surface area contributed by atoms with Crippen molar-refractivity contribution in [3.05, 3.63) is 52.7 Å². The van der Waals surface area contributed by atoms with E-state index in [0.29, 0.717) is 11.7 Å². The lowest BCUT2D eigenvalue weighted by atomic mass is 9.93. The summed E-state index contributed by atoms with van der Waals surface area (Å²) in [6.07, 6.45) is 6.36. The average Bonchev–Trinajstić information content (AvgIpc) is 3.35. The molecule has 0 aliphatic carbocycles. The quantitative estimate of drug-likeness (QED) is 0.782. The molecule has 0 aromatic carbocycles. The van der Waals surface area contributed by atoms with Gasteiger partial charge in [0.05, 0.1) is 4.88 Å². The Morgan fingerprint density at radius 1 is 1.24 bits per heavy atom. The van der Waals surface area contributed by atoms with Gasteiger partial charge in [0.15, 0.2) is 5.82 Å². The van der Waals surface area contributed by atoms with Gasteiger partial charge in [0, 0.05) is 37.5 Å². The van der Waals surface area contributed by atoms with Crippen molar-refractivity contribution in [3.8, 4) is 11.4 Å². The monoisotopic (exact) mass is 353 g/mol. The number of rotatable bonds is 4. The number of amides is 1. The van der Waals surface area contributed by atoms with Gasteiger partial charge in [-0.05, 0) is 42.3 Å². The third-order valence-corrected chi connectivity index (χ3v) is 5.44. The lowest BCUT2D eigenvalue weighted by Gasteiger charge is -2.31. The molecular weight excluding hydrogens is 334 g/mol. The van der Waals surface area contributed by atoms with E-state index in [4.69, 9.17) is 0 Å². The van der Waals surface area contributed by atoms with Crippen molar-refractivity contribution in [2.24, 2.45) is 5.92 Å². The zero-order chi connectivity index (χ0) is 17.1. The molecule has 6 nitrogen and oxygen atoms in total. The van der Waals surface area contributed by atoms with Gasteiger partial charge in [-0.25, -0.2) is 4.98 Å². The minimum atomic E-state index is 0.160. The minimum Gasteiger partial charge on any atom is -0.338 e. The van der Waals surface area contributed by atoms with E-state index in [2.05, 4.69) is 20.2 Å². The van der Waals surface area contributed by atoms with Crippen molar-refractivity contribution in [2.75, 3.05) is 13.1 Å². The molecule has 3 aromatic rings. The van der Waals surface area contributed by atoms with Gasteiger partial charge in [0.1, 0.15) is 5.82 Å². The van der Waals surface area contributed by atoms with Gasteiger partial charge in [-0.15, -0.1) is 11.3 Å². The number of aromatic amines is 1. The van der Waals surface area contributed by atoms with E-state index in [-0.39, 0.29) is 5.91 Å². The summed E-state index contributed by atoms with van der Waals surface area (Å²) >= 11 is 1.51. The predicted molar refractivity (Wildman–Crippen MR) is 96.3 cm³/mol. The molecule has 25 heavy (non-hydrogen) atoms. The highest BCUT2D eigenvalue weighted by molar-refractivity contribution is 7.12. The molecule has 0 radical (unpaired) electrons. The standard InChI is InChI=1S/C18H19N5OS/c24-18(15-2-1-11-25-15)23-9-5-13(6-10-23)12-16-20-17(22-21-16)14-3-7-19-8-4-14/h1-4,7-8,11,13H,5-6,9-10,12H2,(H,20,21,22). The number of likely N-dealkylation sites (tertiary alicyclic amines) is 1. The first-order chi connectivity index (χ1) is 12.3. The largest absolute Gasteiger partial charge is 0.338 e. The number of aromatic nitrogens is 4. The number of hydrogen-bond acceptors (Lipinski definition) is 5. The van der Waals surface area contributed by atoms with Crippen molar-refractivity contribution in [3.63, 3.8) is 0 Å². The normalized spacial score (nSPS) is 15.4. The first kappa shape index (κ1) is 16.0. The zero-order valence-electron chi connectivity index (χ0n) is 13.8. The van der Waals surface area contributed by atoms with Crippen LogP contribution in [0.4, 0.5) is 0 Å². The molecule has 0 spiro atoms. The topological polar surface area (TPSA) is 74.8 Å². The molecule has 1 saturated heterocycles. The first-order valence-electron chi connectivity index (χ1n) is 8.44. The molecule has 128 valence electrons. The zero-order valence-corrected chi connectivity index (χ0v) is 14.6. The van der Waals surface area contributed by atoms with Crippen LogP contribution < -0.4 is 0 Å². The van der Waals surface area contributed by atoms with E-state index in [9.17, 15) is 4.79 Å². The summed E-state index contributed by atoms with van der Waals surface area (Å²) in [5, 5.41) is 9.30. The van der Waals surface area contributed by atoms with Crippen molar-refractivity contribution in [1.82, 2.24) is 25.1 Å². The van der Waals surface area contributed by atoms with E-state index in [1.807, 2.05) is 34.5 Å². The molecule has 1 fully saturated rings. The van der Waals surface area contributed by atoms with Gasteiger partial charge in [-0.2, -0.15) is 5.10 Å². The number of pyridine rings is 1. The fourth-order valence-corrected chi connectivity index (χ4v) is 3.88. The van der Waals surface area contributed by atoms with Crippen molar-refractivity contribution >= 4 is 17.2 Å². The van der Waals surface area contributed by atoms with E-state index >= 15 is 0 Å². The fraction of sp³-hybridized carbons (Fsp3) is 0.333. The van der Waals surface area contributed by atoms with Crippen LogP contribution in [0.3, 0.4) is 0 Å². The molecule has 1 amide bonds. The second-order valence-electron chi connectivity index (χ2n) is 6.26. The summed E-state index contributed by atoms with van der Waals surface area (Å²) in [7, 11) is 0. The van der Waals surface area contributed by atoms with Crippen LogP contribution in [0.2, 0.25) is 0 Å². The Labute approximate surface area is 149 Å². The highest BCUT2D eigenvalue weighted by Gasteiger charge is 2.25. The molecule has 3 aromatic heterocycles. The maximum atomic E-state index is 12.4. The molecule has 1 aliphatic rings. The fourth-order valence-electron chi connectivity index (χ4n) is 3.19. The minimum absolute atomic E-state index is 0.160. The molecule has 4 heterocycles. The van der Waals surface area contributed by atoms with Crippen molar-refractivity contribution in [1.29, 1.82) is 0 Å². The van der Waals surface area contributed by atoms with Crippen LogP contribution in [-0.4, -0.2) is 44.1 Å². The lowest BCUT2D eigenvalue weighted by Crippen LogP contribution is -2.38. The molecule has 0 saturated carbocycles. The van der Waals surface area contributed by atoms with Crippen LogP contribution >= 0.6 is 11.3 Å². The highest BCUT2D eigenvalue weighted by Crippen LogP contribution is 2.23. The summed E-state index contributed by atoms with van der Waals surface area (Å²) in [6, 6.07) is 7.63. The van der Waals surface area contributed by atoms with Crippen LogP contribution in [0.5, 0.6) is 0 Å². The molecule has 0 unspecified atom stereocenters. The van der Waals surface area contributed by atoms with E-state index in [0.717, 1.165) is 48.6 Å². The van der Waals surface area contributed by atoms with E-state index in [1.54, 1.807) is 12.4 Å². The number of carbonyl (C=O) groups excluding carboxylic acids is 1. The Morgan fingerprint density at radius 3 is 2.76 bits per heavy atom. The van der Waals surface area contributed by atoms with Crippen molar-refractivity contribution < 1.29 is 4.79 Å². The number of piperidine rings is 1. The number of thiophene rings is 1. The maximum Gasteiger partial charge on any atom is 0.263 e. The van der Waals surface area contributed by atoms with E-state index < -0.39 is 0 Å². The Bertz CT molecular complexity index is 822. The molecule has 1 aliphatic heterocycles. The van der Waals surface area contributed by atoms with Crippen LogP contribution in [-0.2, 0) is 6.42 Å².